The first-order valence-corrected chi connectivity index (χ1v) is 7.53. The molecule has 1 aromatic carbocycles. The fourth-order valence-corrected chi connectivity index (χ4v) is 3.37. The van der Waals surface area contributed by atoms with Gasteiger partial charge in [-0.05, 0) is 55.0 Å². The molecule has 3 rings (SSSR count). The van der Waals surface area contributed by atoms with Crippen LogP contribution in [0.15, 0.2) is 30.5 Å². The molecule has 0 bridgehead atoms. The third kappa shape index (κ3) is 2.66. The zero-order valence-corrected chi connectivity index (χ0v) is 12.9. The van der Waals surface area contributed by atoms with Gasteiger partial charge in [0.1, 0.15) is 5.75 Å². The van der Waals surface area contributed by atoms with E-state index in [2.05, 4.69) is 30.2 Å². The molecule has 3 heteroatoms. The SMILES string of the molecule is Cc1ccc(CNC2CC(C)c3c(C)ccc(O)c32)cn1. The van der Waals surface area contributed by atoms with Gasteiger partial charge in [0.2, 0.25) is 0 Å². The Kier molecular flexibility index (Phi) is 3.68. The molecule has 2 aromatic rings. The first-order valence-electron chi connectivity index (χ1n) is 7.53. The Labute approximate surface area is 126 Å². The van der Waals surface area contributed by atoms with Gasteiger partial charge in [-0.15, -0.1) is 0 Å². The molecule has 0 amide bonds. The van der Waals surface area contributed by atoms with E-state index in [-0.39, 0.29) is 6.04 Å². The number of aryl methyl sites for hydroxylation is 2. The molecule has 110 valence electrons. The zero-order valence-electron chi connectivity index (χ0n) is 12.9. The number of hydrogen-bond acceptors (Lipinski definition) is 3. The molecule has 0 saturated carbocycles. The molecule has 1 heterocycles. The molecule has 0 fully saturated rings. The van der Waals surface area contributed by atoms with Crippen LogP contribution in [0.3, 0.4) is 0 Å². The Balaban J connectivity index is 1.80. The Morgan fingerprint density at radius 3 is 2.71 bits per heavy atom. The van der Waals surface area contributed by atoms with Gasteiger partial charge < -0.3 is 10.4 Å². The first-order chi connectivity index (χ1) is 10.1. The maximum absolute atomic E-state index is 10.2. The molecule has 2 atom stereocenters. The molecule has 0 spiro atoms. The topological polar surface area (TPSA) is 45.1 Å². The molecule has 3 nitrogen and oxygen atoms in total. The summed E-state index contributed by atoms with van der Waals surface area (Å²) in [5.74, 6) is 0.903. The van der Waals surface area contributed by atoms with Crippen LogP contribution in [0.1, 0.15) is 53.3 Å². The quantitative estimate of drug-likeness (QED) is 0.901. The van der Waals surface area contributed by atoms with Crippen molar-refractivity contribution in [2.24, 2.45) is 0 Å². The molecule has 0 radical (unpaired) electrons. The third-order valence-electron chi connectivity index (χ3n) is 4.44. The predicted octanol–water partition coefficient (Wildman–Crippen LogP) is 3.74. The molecule has 1 aliphatic rings. The lowest BCUT2D eigenvalue weighted by Gasteiger charge is -2.16. The number of phenolic OH excluding ortho intramolecular Hbond substituents is 1. The van der Waals surface area contributed by atoms with Crippen LogP contribution in [0.4, 0.5) is 0 Å². The molecule has 2 unspecified atom stereocenters. The largest absolute Gasteiger partial charge is 0.508 e. The highest BCUT2D eigenvalue weighted by molar-refractivity contribution is 5.50. The van der Waals surface area contributed by atoms with Gasteiger partial charge in [0.25, 0.3) is 0 Å². The lowest BCUT2D eigenvalue weighted by Crippen LogP contribution is -2.19. The summed E-state index contributed by atoms with van der Waals surface area (Å²) in [4.78, 5) is 4.33. The molecule has 1 aromatic heterocycles. The van der Waals surface area contributed by atoms with E-state index < -0.39 is 0 Å². The van der Waals surface area contributed by atoms with E-state index in [1.54, 1.807) is 0 Å². The van der Waals surface area contributed by atoms with Crippen LogP contribution in [0, 0.1) is 13.8 Å². The summed E-state index contributed by atoms with van der Waals surface area (Å²) in [6, 6.07) is 8.18. The van der Waals surface area contributed by atoms with E-state index in [0.717, 1.165) is 24.2 Å². The summed E-state index contributed by atoms with van der Waals surface area (Å²) in [5.41, 5.74) is 5.88. The van der Waals surface area contributed by atoms with Gasteiger partial charge in [0.15, 0.2) is 0 Å². The van der Waals surface area contributed by atoms with Crippen LogP contribution in [-0.2, 0) is 6.54 Å². The number of fused-ring (bicyclic) bond motifs is 1. The summed E-state index contributed by atoms with van der Waals surface area (Å²) < 4.78 is 0. The maximum Gasteiger partial charge on any atom is 0.120 e. The fourth-order valence-electron chi connectivity index (χ4n) is 3.37. The van der Waals surface area contributed by atoms with Crippen LogP contribution in [0.5, 0.6) is 5.75 Å². The molecule has 21 heavy (non-hydrogen) atoms. The van der Waals surface area contributed by atoms with Gasteiger partial charge in [0, 0.05) is 30.0 Å². The minimum atomic E-state index is 0.219. The van der Waals surface area contributed by atoms with Crippen molar-refractivity contribution in [3.8, 4) is 5.75 Å². The van der Waals surface area contributed by atoms with Crippen molar-refractivity contribution in [2.75, 3.05) is 0 Å². The van der Waals surface area contributed by atoms with Gasteiger partial charge in [-0.3, -0.25) is 4.98 Å². The number of rotatable bonds is 3. The number of phenols is 1. The van der Waals surface area contributed by atoms with Gasteiger partial charge in [-0.1, -0.05) is 19.1 Å². The number of benzene rings is 1. The number of hydrogen-bond donors (Lipinski definition) is 2. The molecular formula is C18H22N2O. The summed E-state index contributed by atoms with van der Waals surface area (Å²) in [6.07, 6.45) is 2.95. The van der Waals surface area contributed by atoms with Crippen molar-refractivity contribution in [3.05, 3.63) is 58.4 Å². The second-order valence-electron chi connectivity index (χ2n) is 6.11. The summed E-state index contributed by atoms with van der Waals surface area (Å²) in [6.45, 7) is 7.13. The fraction of sp³-hybridized carbons (Fsp3) is 0.389. The summed E-state index contributed by atoms with van der Waals surface area (Å²) >= 11 is 0. The lowest BCUT2D eigenvalue weighted by molar-refractivity contribution is 0.445. The Bertz CT molecular complexity index is 649. The second kappa shape index (κ2) is 5.49. The van der Waals surface area contributed by atoms with Crippen molar-refractivity contribution in [2.45, 2.75) is 45.7 Å². The molecular weight excluding hydrogens is 260 g/mol. The summed E-state index contributed by atoms with van der Waals surface area (Å²) in [7, 11) is 0. The van der Waals surface area contributed by atoms with E-state index in [1.807, 2.05) is 31.3 Å². The number of pyridine rings is 1. The van der Waals surface area contributed by atoms with Crippen molar-refractivity contribution in [1.82, 2.24) is 10.3 Å². The van der Waals surface area contributed by atoms with Crippen LogP contribution >= 0.6 is 0 Å². The Morgan fingerprint density at radius 1 is 1.19 bits per heavy atom. The molecule has 0 saturated heterocycles. The van der Waals surface area contributed by atoms with Crippen molar-refractivity contribution < 1.29 is 5.11 Å². The standard InChI is InChI=1S/C18H22N2O/c1-11-4-7-16(21)18-15(8-12(2)17(11)18)20-10-14-6-5-13(3)19-9-14/h4-7,9,12,15,20-21H,8,10H2,1-3H3. The highest BCUT2D eigenvalue weighted by Gasteiger charge is 2.31. The van der Waals surface area contributed by atoms with Crippen LogP contribution in [0.25, 0.3) is 0 Å². The highest BCUT2D eigenvalue weighted by Crippen LogP contribution is 2.45. The average Bonchev–Trinajstić information content (AvgIpc) is 2.80. The number of aromatic hydroxyl groups is 1. The lowest BCUT2D eigenvalue weighted by atomic mass is 9.97. The first kappa shape index (κ1) is 14.1. The number of aromatic nitrogens is 1. The average molecular weight is 282 g/mol. The van der Waals surface area contributed by atoms with E-state index in [9.17, 15) is 5.11 Å². The summed E-state index contributed by atoms with van der Waals surface area (Å²) in [5, 5.41) is 13.8. The van der Waals surface area contributed by atoms with Crippen LogP contribution in [-0.4, -0.2) is 10.1 Å². The molecule has 2 N–H and O–H groups in total. The van der Waals surface area contributed by atoms with Crippen molar-refractivity contribution in [1.29, 1.82) is 0 Å². The second-order valence-corrected chi connectivity index (χ2v) is 6.11. The van der Waals surface area contributed by atoms with E-state index in [1.165, 1.54) is 16.7 Å². The van der Waals surface area contributed by atoms with Gasteiger partial charge in [0.05, 0.1) is 0 Å². The number of nitrogens with one attached hydrogen (secondary N) is 1. The van der Waals surface area contributed by atoms with Crippen molar-refractivity contribution >= 4 is 0 Å². The van der Waals surface area contributed by atoms with E-state index >= 15 is 0 Å². The van der Waals surface area contributed by atoms with E-state index in [4.69, 9.17) is 0 Å². The van der Waals surface area contributed by atoms with Gasteiger partial charge >= 0.3 is 0 Å². The third-order valence-corrected chi connectivity index (χ3v) is 4.44. The van der Waals surface area contributed by atoms with Crippen molar-refractivity contribution in [3.63, 3.8) is 0 Å². The minimum Gasteiger partial charge on any atom is -0.508 e. The Morgan fingerprint density at radius 2 is 2.00 bits per heavy atom. The molecule has 0 aliphatic heterocycles. The van der Waals surface area contributed by atoms with Gasteiger partial charge in [-0.25, -0.2) is 0 Å². The van der Waals surface area contributed by atoms with Crippen LogP contribution < -0.4 is 5.32 Å². The van der Waals surface area contributed by atoms with Crippen LogP contribution in [0.2, 0.25) is 0 Å². The monoisotopic (exact) mass is 282 g/mol. The zero-order chi connectivity index (χ0) is 15.0. The smallest absolute Gasteiger partial charge is 0.120 e. The number of nitrogens with zero attached hydrogens (tertiary/aromatic N) is 1. The Hall–Kier alpha value is -1.87. The van der Waals surface area contributed by atoms with E-state index in [0.29, 0.717) is 11.7 Å². The predicted molar refractivity (Wildman–Crippen MR) is 84.4 cm³/mol. The minimum absolute atomic E-state index is 0.219. The maximum atomic E-state index is 10.2. The normalized spacial score (nSPS) is 20.5. The van der Waals surface area contributed by atoms with Gasteiger partial charge in [-0.2, -0.15) is 0 Å². The highest BCUT2D eigenvalue weighted by atomic mass is 16.3. The molecule has 1 aliphatic carbocycles.